The molecule has 6 heteroatoms. The molecule has 0 aliphatic heterocycles. The lowest BCUT2D eigenvalue weighted by atomic mass is 10.1. The van der Waals surface area contributed by atoms with Crippen molar-refractivity contribution in [2.45, 2.75) is 26.7 Å². The zero-order valence-electron chi connectivity index (χ0n) is 13.4. The number of rotatable bonds is 5. The summed E-state index contributed by atoms with van der Waals surface area (Å²) in [5, 5.41) is 12.8. The van der Waals surface area contributed by atoms with Gasteiger partial charge in [0.05, 0.1) is 39.3 Å². The lowest BCUT2D eigenvalue weighted by molar-refractivity contribution is -0.116. The molecule has 0 saturated carbocycles. The van der Waals surface area contributed by atoms with Crippen molar-refractivity contribution in [1.29, 1.82) is 5.26 Å². The number of aryl methyl sites for hydroxylation is 1. The number of Topliss-reactive ketones (excluding diaryl/α,β-unsaturated/α-hetero) is 1. The first-order chi connectivity index (χ1) is 11.5. The molecule has 2 aromatic heterocycles. The highest BCUT2D eigenvalue weighted by Gasteiger charge is 2.14. The van der Waals surface area contributed by atoms with Gasteiger partial charge >= 0.3 is 0 Å². The SMILES string of the molecule is CC(=O)Cc1nc(C)c(-c2csc(Cc3ccc(C#N)cc3)n2)s1. The number of carbonyl (C=O) groups is 1. The lowest BCUT2D eigenvalue weighted by Gasteiger charge is -1.97. The predicted molar refractivity (Wildman–Crippen MR) is 96.3 cm³/mol. The topological polar surface area (TPSA) is 66.6 Å². The molecular formula is C18H15N3OS2. The Labute approximate surface area is 148 Å². The fourth-order valence-electron chi connectivity index (χ4n) is 2.35. The Morgan fingerprint density at radius 2 is 1.96 bits per heavy atom. The molecule has 0 atom stereocenters. The number of ketones is 1. The zero-order valence-corrected chi connectivity index (χ0v) is 15.0. The van der Waals surface area contributed by atoms with Gasteiger partial charge in [0.15, 0.2) is 0 Å². The smallest absolute Gasteiger partial charge is 0.136 e. The van der Waals surface area contributed by atoms with Crippen LogP contribution in [-0.4, -0.2) is 15.8 Å². The van der Waals surface area contributed by atoms with E-state index in [2.05, 4.69) is 11.1 Å². The molecule has 0 amide bonds. The molecule has 4 nitrogen and oxygen atoms in total. The molecule has 0 aliphatic carbocycles. The van der Waals surface area contributed by atoms with E-state index in [4.69, 9.17) is 10.2 Å². The van der Waals surface area contributed by atoms with Gasteiger partial charge in [-0.15, -0.1) is 22.7 Å². The van der Waals surface area contributed by atoms with Crippen LogP contribution < -0.4 is 0 Å². The van der Waals surface area contributed by atoms with E-state index in [1.807, 2.05) is 36.6 Å². The zero-order chi connectivity index (χ0) is 17.1. The number of thiazole rings is 2. The van der Waals surface area contributed by atoms with Crippen molar-refractivity contribution in [2.75, 3.05) is 0 Å². The van der Waals surface area contributed by atoms with Gasteiger partial charge in [-0.1, -0.05) is 12.1 Å². The second-order valence-corrected chi connectivity index (χ2v) is 7.54. The number of hydrogen-bond donors (Lipinski definition) is 0. The summed E-state index contributed by atoms with van der Waals surface area (Å²) in [5.74, 6) is 0.120. The Bertz CT molecular complexity index is 917. The van der Waals surface area contributed by atoms with E-state index < -0.39 is 0 Å². The number of carbonyl (C=O) groups excluding carboxylic acids is 1. The number of nitriles is 1. The van der Waals surface area contributed by atoms with E-state index in [0.717, 1.165) is 38.3 Å². The first-order valence-corrected chi connectivity index (χ1v) is 9.14. The molecule has 0 radical (unpaired) electrons. The van der Waals surface area contributed by atoms with Crippen LogP contribution in [-0.2, 0) is 17.6 Å². The average molecular weight is 353 g/mol. The van der Waals surface area contributed by atoms with Crippen LogP contribution in [0.3, 0.4) is 0 Å². The molecule has 3 rings (SSSR count). The Hall–Kier alpha value is -2.36. The molecule has 0 unspecified atom stereocenters. The second-order valence-electron chi connectivity index (χ2n) is 5.51. The quantitative estimate of drug-likeness (QED) is 0.690. The molecule has 3 aromatic rings. The summed E-state index contributed by atoms with van der Waals surface area (Å²) in [7, 11) is 0. The third-order valence-electron chi connectivity index (χ3n) is 3.46. The summed E-state index contributed by atoms with van der Waals surface area (Å²) in [6, 6.07) is 9.69. The first kappa shape index (κ1) is 16.5. The molecule has 0 aliphatic rings. The molecule has 120 valence electrons. The first-order valence-electron chi connectivity index (χ1n) is 7.44. The van der Waals surface area contributed by atoms with Crippen LogP contribution in [0.25, 0.3) is 10.6 Å². The Morgan fingerprint density at radius 1 is 1.21 bits per heavy atom. The number of hydrogen-bond acceptors (Lipinski definition) is 6. The molecule has 0 spiro atoms. The van der Waals surface area contributed by atoms with Gasteiger partial charge < -0.3 is 0 Å². The van der Waals surface area contributed by atoms with E-state index in [-0.39, 0.29) is 5.78 Å². The summed E-state index contributed by atoms with van der Waals surface area (Å²) in [6.45, 7) is 3.53. The van der Waals surface area contributed by atoms with Crippen LogP contribution >= 0.6 is 22.7 Å². The third-order valence-corrected chi connectivity index (χ3v) is 5.49. The molecule has 0 bridgehead atoms. The molecular weight excluding hydrogens is 338 g/mol. The van der Waals surface area contributed by atoms with Crippen LogP contribution in [0.4, 0.5) is 0 Å². The van der Waals surface area contributed by atoms with Crippen molar-refractivity contribution in [3.8, 4) is 16.6 Å². The van der Waals surface area contributed by atoms with Gasteiger partial charge in [-0.3, -0.25) is 4.79 Å². The summed E-state index contributed by atoms with van der Waals surface area (Å²) >= 11 is 3.16. The summed E-state index contributed by atoms with van der Waals surface area (Å²) in [6.07, 6.45) is 1.13. The normalized spacial score (nSPS) is 10.5. The minimum absolute atomic E-state index is 0.120. The van der Waals surface area contributed by atoms with Gasteiger partial charge in [0.25, 0.3) is 0 Å². The largest absolute Gasteiger partial charge is 0.300 e. The summed E-state index contributed by atoms with van der Waals surface area (Å²) < 4.78 is 0. The minimum atomic E-state index is 0.120. The van der Waals surface area contributed by atoms with Gasteiger partial charge in [0.2, 0.25) is 0 Å². The van der Waals surface area contributed by atoms with Crippen molar-refractivity contribution in [3.05, 3.63) is 56.5 Å². The van der Waals surface area contributed by atoms with Crippen molar-refractivity contribution >= 4 is 28.5 Å². The van der Waals surface area contributed by atoms with Crippen LogP contribution in [0.1, 0.15) is 33.8 Å². The Morgan fingerprint density at radius 3 is 2.62 bits per heavy atom. The Balaban J connectivity index is 1.79. The monoisotopic (exact) mass is 353 g/mol. The molecule has 24 heavy (non-hydrogen) atoms. The van der Waals surface area contributed by atoms with E-state index in [1.54, 1.807) is 29.6 Å². The maximum absolute atomic E-state index is 11.3. The van der Waals surface area contributed by atoms with Crippen LogP contribution in [0.2, 0.25) is 0 Å². The van der Waals surface area contributed by atoms with Crippen molar-refractivity contribution < 1.29 is 4.79 Å². The number of nitrogens with zero attached hydrogens (tertiary/aromatic N) is 3. The minimum Gasteiger partial charge on any atom is -0.300 e. The molecule has 1 aromatic carbocycles. The lowest BCUT2D eigenvalue weighted by Crippen LogP contribution is -1.94. The molecule has 0 saturated heterocycles. The van der Waals surface area contributed by atoms with Crippen molar-refractivity contribution in [2.24, 2.45) is 0 Å². The second kappa shape index (κ2) is 7.04. The number of benzene rings is 1. The van der Waals surface area contributed by atoms with E-state index in [0.29, 0.717) is 12.0 Å². The van der Waals surface area contributed by atoms with Crippen molar-refractivity contribution in [1.82, 2.24) is 9.97 Å². The number of aromatic nitrogens is 2. The van der Waals surface area contributed by atoms with E-state index in [9.17, 15) is 4.79 Å². The van der Waals surface area contributed by atoms with Gasteiger partial charge in [0, 0.05) is 11.8 Å². The van der Waals surface area contributed by atoms with Crippen LogP contribution in [0.15, 0.2) is 29.6 Å². The highest BCUT2D eigenvalue weighted by atomic mass is 32.1. The summed E-state index contributed by atoms with van der Waals surface area (Å²) in [5.41, 5.74) is 3.64. The van der Waals surface area contributed by atoms with Crippen molar-refractivity contribution in [3.63, 3.8) is 0 Å². The Kier molecular flexibility index (Phi) is 4.84. The third kappa shape index (κ3) is 3.75. The van der Waals surface area contributed by atoms with Gasteiger partial charge in [-0.25, -0.2) is 9.97 Å². The highest BCUT2D eigenvalue weighted by molar-refractivity contribution is 7.16. The van der Waals surface area contributed by atoms with Crippen LogP contribution in [0, 0.1) is 18.3 Å². The van der Waals surface area contributed by atoms with Gasteiger partial charge in [-0.2, -0.15) is 5.26 Å². The maximum Gasteiger partial charge on any atom is 0.136 e. The average Bonchev–Trinajstić information content (AvgIpc) is 3.14. The predicted octanol–water partition coefficient (Wildman–Crippen LogP) is 4.17. The molecule has 0 fully saturated rings. The standard InChI is InChI=1S/C18H15N3OS2/c1-11(22)7-17-20-12(2)18(24-17)15-10-23-16(21-15)8-13-3-5-14(9-19)6-4-13/h3-6,10H,7-8H2,1-2H3. The van der Waals surface area contributed by atoms with Crippen LogP contribution in [0.5, 0.6) is 0 Å². The molecule has 2 heterocycles. The fourth-order valence-corrected chi connectivity index (χ4v) is 4.34. The fraction of sp³-hybridized carbons (Fsp3) is 0.222. The van der Waals surface area contributed by atoms with E-state index in [1.165, 1.54) is 0 Å². The van der Waals surface area contributed by atoms with E-state index >= 15 is 0 Å². The maximum atomic E-state index is 11.3. The summed E-state index contributed by atoms with van der Waals surface area (Å²) in [4.78, 5) is 21.5. The van der Waals surface area contributed by atoms with Gasteiger partial charge in [0.1, 0.15) is 10.8 Å². The molecule has 0 N–H and O–H groups in total. The highest BCUT2D eigenvalue weighted by Crippen LogP contribution is 2.31. The van der Waals surface area contributed by atoms with Gasteiger partial charge in [-0.05, 0) is 31.5 Å².